The molecule has 2 aliphatic rings. The molecule has 0 saturated heterocycles. The number of furan rings is 1. The van der Waals surface area contributed by atoms with Crippen LogP contribution < -0.4 is 0 Å². The lowest BCUT2D eigenvalue weighted by molar-refractivity contribution is -0.144. The van der Waals surface area contributed by atoms with Gasteiger partial charge in [-0.1, -0.05) is 31.0 Å². The summed E-state index contributed by atoms with van der Waals surface area (Å²) in [6.07, 6.45) is 8.56. The summed E-state index contributed by atoms with van der Waals surface area (Å²) in [5.74, 6) is 0.0181. The third kappa shape index (κ3) is 3.77. The normalized spacial score (nSPS) is 22.0. The zero-order valence-electron chi connectivity index (χ0n) is 14.1. The molecule has 4 rings (SSSR count). The van der Waals surface area contributed by atoms with Gasteiger partial charge in [0.2, 0.25) is 0 Å². The molecule has 2 aromatic rings. The number of aliphatic carboxylic acids is 1. The van der Waals surface area contributed by atoms with Gasteiger partial charge in [0, 0.05) is 18.2 Å². The maximum Gasteiger partial charge on any atom is 0.321 e. The van der Waals surface area contributed by atoms with Gasteiger partial charge in [-0.15, -0.1) is 0 Å². The maximum absolute atomic E-state index is 11.6. The number of rotatable bonds is 5. The minimum Gasteiger partial charge on any atom is -0.480 e. The molecule has 1 saturated carbocycles. The molecule has 6 nitrogen and oxygen atoms in total. The fourth-order valence-corrected chi connectivity index (χ4v) is 4.95. The van der Waals surface area contributed by atoms with E-state index in [0.717, 1.165) is 22.2 Å². The summed E-state index contributed by atoms with van der Waals surface area (Å²) in [6, 6.07) is 3.44. The van der Waals surface area contributed by atoms with Crippen molar-refractivity contribution in [3.63, 3.8) is 0 Å². The van der Waals surface area contributed by atoms with Crippen LogP contribution in [0.2, 0.25) is 0 Å². The molecule has 1 fully saturated rings. The molecule has 25 heavy (non-hydrogen) atoms. The largest absolute Gasteiger partial charge is 0.480 e. The van der Waals surface area contributed by atoms with E-state index in [1.807, 2.05) is 28.8 Å². The smallest absolute Gasteiger partial charge is 0.321 e. The predicted molar refractivity (Wildman–Crippen MR) is 94.4 cm³/mol. The average molecular weight is 361 g/mol. The van der Waals surface area contributed by atoms with Gasteiger partial charge >= 0.3 is 5.97 Å². The summed E-state index contributed by atoms with van der Waals surface area (Å²) in [6.45, 7) is 1.05. The quantitative estimate of drug-likeness (QED) is 0.849. The predicted octanol–water partition coefficient (Wildman–Crippen LogP) is 3.44. The van der Waals surface area contributed by atoms with Crippen LogP contribution in [0.3, 0.4) is 0 Å². The van der Waals surface area contributed by atoms with Crippen LogP contribution in [0.15, 0.2) is 28.0 Å². The molecule has 1 aliphatic heterocycles. The Hall–Kier alpha value is -1.73. The number of carbonyl (C=O) groups is 1. The highest BCUT2D eigenvalue weighted by Gasteiger charge is 2.33. The molecular weight excluding hydrogens is 338 g/mol. The number of hydrogen-bond acceptors (Lipinski definition) is 5. The van der Waals surface area contributed by atoms with Crippen molar-refractivity contribution < 1.29 is 14.3 Å². The van der Waals surface area contributed by atoms with E-state index in [0.29, 0.717) is 24.8 Å². The molecule has 134 valence electrons. The number of thioether (sulfide) groups is 1. The van der Waals surface area contributed by atoms with Gasteiger partial charge in [-0.2, -0.15) is 0 Å². The summed E-state index contributed by atoms with van der Waals surface area (Å²) >= 11 is 1.83. The lowest BCUT2D eigenvalue weighted by Gasteiger charge is -2.31. The number of H-pyrrole nitrogens is 1. The molecule has 1 atom stereocenters. The van der Waals surface area contributed by atoms with Crippen LogP contribution in [0.25, 0.3) is 0 Å². The highest BCUT2D eigenvalue weighted by molar-refractivity contribution is 7.99. The number of carboxylic acid groups (broad SMARTS) is 1. The Morgan fingerprint density at radius 3 is 3.00 bits per heavy atom. The molecule has 7 heteroatoms. The van der Waals surface area contributed by atoms with Crippen LogP contribution in [0.4, 0.5) is 0 Å². The fraction of sp³-hybridized carbons (Fsp3) is 0.556. The number of fused-ring (bicyclic) bond motifs is 1. The zero-order chi connectivity index (χ0) is 17.2. The van der Waals surface area contributed by atoms with Gasteiger partial charge < -0.3 is 14.5 Å². The molecule has 0 unspecified atom stereocenters. The van der Waals surface area contributed by atoms with Crippen molar-refractivity contribution >= 4 is 17.7 Å². The first kappa shape index (κ1) is 16.7. The Bertz CT molecular complexity index is 736. The van der Waals surface area contributed by atoms with Crippen molar-refractivity contribution in [2.24, 2.45) is 0 Å². The zero-order valence-corrected chi connectivity index (χ0v) is 14.9. The van der Waals surface area contributed by atoms with Gasteiger partial charge in [-0.05, 0) is 25.0 Å². The van der Waals surface area contributed by atoms with Gasteiger partial charge in [0.05, 0.1) is 24.3 Å². The van der Waals surface area contributed by atoms with E-state index < -0.39 is 12.0 Å². The van der Waals surface area contributed by atoms with E-state index in [1.54, 1.807) is 6.33 Å². The van der Waals surface area contributed by atoms with Gasteiger partial charge in [-0.3, -0.25) is 9.69 Å². The Kier molecular flexibility index (Phi) is 4.85. The Morgan fingerprint density at radius 2 is 2.20 bits per heavy atom. The summed E-state index contributed by atoms with van der Waals surface area (Å²) in [7, 11) is 0. The fourth-order valence-electron chi connectivity index (χ4n) is 3.75. The van der Waals surface area contributed by atoms with E-state index in [9.17, 15) is 9.90 Å². The molecule has 0 spiro atoms. The molecule has 0 amide bonds. The molecule has 3 heterocycles. The molecule has 0 aromatic carbocycles. The SMILES string of the molecule is O=C(O)[C@@H]1Cc2nc[nH]c2CN1Cc1ccc(SC2CCCCC2)o1. The van der Waals surface area contributed by atoms with Crippen molar-refractivity contribution in [1.29, 1.82) is 0 Å². The first-order valence-corrected chi connectivity index (χ1v) is 9.80. The highest BCUT2D eigenvalue weighted by Crippen LogP contribution is 2.35. The number of carboxylic acids is 1. The van der Waals surface area contributed by atoms with Gasteiger partial charge in [0.15, 0.2) is 5.09 Å². The first-order valence-electron chi connectivity index (χ1n) is 8.92. The summed E-state index contributed by atoms with van der Waals surface area (Å²) in [4.78, 5) is 20.9. The second-order valence-electron chi connectivity index (χ2n) is 6.89. The second-order valence-corrected chi connectivity index (χ2v) is 8.19. The highest BCUT2D eigenvalue weighted by atomic mass is 32.2. The number of hydrogen-bond donors (Lipinski definition) is 2. The first-order chi connectivity index (χ1) is 12.2. The van der Waals surface area contributed by atoms with E-state index in [4.69, 9.17) is 4.42 Å². The molecule has 0 bridgehead atoms. The molecule has 1 aliphatic carbocycles. The average Bonchev–Trinajstić information content (AvgIpc) is 3.24. The van der Waals surface area contributed by atoms with Crippen molar-refractivity contribution in [3.05, 3.63) is 35.6 Å². The van der Waals surface area contributed by atoms with Crippen LogP contribution >= 0.6 is 11.8 Å². The van der Waals surface area contributed by atoms with Crippen molar-refractivity contribution in [2.75, 3.05) is 0 Å². The molecule has 2 aromatic heterocycles. The van der Waals surface area contributed by atoms with Crippen LogP contribution in [0.5, 0.6) is 0 Å². The Labute approximate surface area is 151 Å². The minimum atomic E-state index is -0.808. The van der Waals surface area contributed by atoms with Crippen LogP contribution in [-0.4, -0.2) is 37.2 Å². The van der Waals surface area contributed by atoms with Crippen LogP contribution in [0, 0.1) is 0 Å². The number of aromatic amines is 1. The standard InChI is InChI=1S/C18H23N3O3S/c22-18(23)16-8-14-15(20-11-19-14)10-21(16)9-12-6-7-17(24-12)25-13-4-2-1-3-5-13/h6-7,11,13,16H,1-5,8-10H2,(H,19,20)(H,22,23)/t16-/m0/s1. The van der Waals surface area contributed by atoms with Gasteiger partial charge in [-0.25, -0.2) is 4.98 Å². The Balaban J connectivity index is 1.43. The van der Waals surface area contributed by atoms with Gasteiger partial charge in [0.25, 0.3) is 0 Å². The van der Waals surface area contributed by atoms with Gasteiger partial charge in [0.1, 0.15) is 11.8 Å². The summed E-state index contributed by atoms with van der Waals surface area (Å²) in [5.41, 5.74) is 1.86. The number of nitrogens with zero attached hydrogens (tertiary/aromatic N) is 2. The molecule has 0 radical (unpaired) electrons. The minimum absolute atomic E-state index is 0.429. The topological polar surface area (TPSA) is 82.4 Å². The maximum atomic E-state index is 11.6. The van der Waals surface area contributed by atoms with E-state index in [-0.39, 0.29) is 0 Å². The Morgan fingerprint density at radius 1 is 1.36 bits per heavy atom. The van der Waals surface area contributed by atoms with E-state index in [2.05, 4.69) is 9.97 Å². The summed E-state index contributed by atoms with van der Waals surface area (Å²) in [5, 5.41) is 11.2. The third-order valence-corrected chi connectivity index (χ3v) is 6.37. The number of nitrogens with one attached hydrogen (secondary N) is 1. The van der Waals surface area contributed by atoms with Crippen molar-refractivity contribution in [1.82, 2.24) is 14.9 Å². The molecular formula is C18H23N3O3S. The van der Waals surface area contributed by atoms with E-state index >= 15 is 0 Å². The van der Waals surface area contributed by atoms with E-state index in [1.165, 1.54) is 32.1 Å². The lowest BCUT2D eigenvalue weighted by Crippen LogP contribution is -2.45. The number of imidazole rings is 1. The lowest BCUT2D eigenvalue weighted by atomic mass is 10.0. The van der Waals surface area contributed by atoms with Crippen molar-refractivity contribution in [3.8, 4) is 0 Å². The van der Waals surface area contributed by atoms with Crippen LogP contribution in [0.1, 0.15) is 49.3 Å². The van der Waals surface area contributed by atoms with Crippen molar-refractivity contribution in [2.45, 2.75) is 68.0 Å². The third-order valence-electron chi connectivity index (χ3n) is 5.11. The number of aromatic nitrogens is 2. The monoisotopic (exact) mass is 361 g/mol. The summed E-state index contributed by atoms with van der Waals surface area (Å²) < 4.78 is 5.99. The van der Waals surface area contributed by atoms with Crippen LogP contribution in [-0.2, 0) is 24.3 Å². The molecule has 2 N–H and O–H groups in total. The second kappa shape index (κ2) is 7.25.